The number of anilines is 3. The molecule has 0 saturated carbocycles. The van der Waals surface area contributed by atoms with Gasteiger partial charge in [-0.1, -0.05) is 17.7 Å². The third kappa shape index (κ3) is 2.58. The summed E-state index contributed by atoms with van der Waals surface area (Å²) >= 11 is 5.66. The first-order valence-electron chi connectivity index (χ1n) is 4.64. The summed E-state index contributed by atoms with van der Waals surface area (Å²) in [6.45, 7) is 2.02. The van der Waals surface area contributed by atoms with Crippen LogP contribution in [0.1, 0.15) is 5.56 Å². The second kappa shape index (κ2) is 4.32. The van der Waals surface area contributed by atoms with Crippen LogP contribution in [0.3, 0.4) is 0 Å². The van der Waals surface area contributed by atoms with Crippen molar-refractivity contribution >= 4 is 29.2 Å². The molecule has 16 heavy (non-hydrogen) atoms. The Hall–Kier alpha value is -1.88. The van der Waals surface area contributed by atoms with Crippen LogP contribution in [0, 0.1) is 6.92 Å². The molecule has 0 amide bonds. The average molecular weight is 236 g/mol. The number of aromatic nitrogens is 3. The van der Waals surface area contributed by atoms with Gasteiger partial charge in [-0.2, -0.15) is 15.0 Å². The predicted molar refractivity (Wildman–Crippen MR) is 63.7 cm³/mol. The Morgan fingerprint density at radius 1 is 1.12 bits per heavy atom. The zero-order valence-corrected chi connectivity index (χ0v) is 9.36. The maximum atomic E-state index is 5.66. The summed E-state index contributed by atoms with van der Waals surface area (Å²) in [4.78, 5) is 11.5. The molecule has 82 valence electrons. The molecule has 1 aromatic carbocycles. The molecular formula is C10H10ClN5. The molecule has 0 bridgehead atoms. The van der Waals surface area contributed by atoms with E-state index in [0.29, 0.717) is 5.95 Å². The molecule has 3 N–H and O–H groups in total. The number of nitrogens with one attached hydrogen (secondary N) is 1. The number of benzene rings is 1. The van der Waals surface area contributed by atoms with E-state index in [1.165, 1.54) is 5.56 Å². The minimum absolute atomic E-state index is 0.0714. The lowest BCUT2D eigenvalue weighted by atomic mass is 10.2. The van der Waals surface area contributed by atoms with Gasteiger partial charge >= 0.3 is 0 Å². The van der Waals surface area contributed by atoms with Crippen molar-refractivity contribution in [2.75, 3.05) is 11.1 Å². The minimum Gasteiger partial charge on any atom is -0.368 e. The summed E-state index contributed by atoms with van der Waals surface area (Å²) in [5.74, 6) is 0.427. The second-order valence-corrected chi connectivity index (χ2v) is 3.62. The minimum atomic E-state index is 0.0714. The topological polar surface area (TPSA) is 76.7 Å². The van der Waals surface area contributed by atoms with E-state index in [-0.39, 0.29) is 11.2 Å². The van der Waals surface area contributed by atoms with Crippen LogP contribution in [0.2, 0.25) is 5.28 Å². The average Bonchev–Trinajstić information content (AvgIpc) is 2.20. The van der Waals surface area contributed by atoms with E-state index < -0.39 is 0 Å². The number of aryl methyl sites for hydroxylation is 1. The largest absolute Gasteiger partial charge is 0.368 e. The molecule has 0 unspecified atom stereocenters. The third-order valence-corrected chi connectivity index (χ3v) is 2.10. The normalized spacial score (nSPS) is 10.1. The van der Waals surface area contributed by atoms with Crippen molar-refractivity contribution in [3.05, 3.63) is 35.1 Å². The summed E-state index contributed by atoms with van der Waals surface area (Å²) in [6.07, 6.45) is 0. The van der Waals surface area contributed by atoms with Gasteiger partial charge in [-0.15, -0.1) is 0 Å². The fourth-order valence-electron chi connectivity index (χ4n) is 1.19. The van der Waals surface area contributed by atoms with Gasteiger partial charge in [0.25, 0.3) is 0 Å². The number of rotatable bonds is 2. The standard InChI is InChI=1S/C10H10ClN5/c1-6-2-4-7(5-3-6)13-10-15-8(11)14-9(12)16-10/h2-5H,1H3,(H3,12,13,14,15,16). The van der Waals surface area contributed by atoms with Crippen LogP contribution in [0.25, 0.3) is 0 Å². The Bertz CT molecular complexity index is 477. The van der Waals surface area contributed by atoms with Crippen molar-refractivity contribution in [1.82, 2.24) is 15.0 Å². The van der Waals surface area contributed by atoms with Gasteiger partial charge < -0.3 is 11.1 Å². The second-order valence-electron chi connectivity index (χ2n) is 3.28. The summed E-state index contributed by atoms with van der Waals surface area (Å²) in [5.41, 5.74) is 7.50. The van der Waals surface area contributed by atoms with Crippen LogP contribution in [0.15, 0.2) is 24.3 Å². The number of hydrogen-bond donors (Lipinski definition) is 2. The molecule has 0 aliphatic heterocycles. The van der Waals surface area contributed by atoms with E-state index in [9.17, 15) is 0 Å². The van der Waals surface area contributed by atoms with Crippen molar-refractivity contribution in [3.63, 3.8) is 0 Å². The zero-order chi connectivity index (χ0) is 11.5. The fourth-order valence-corrected chi connectivity index (χ4v) is 1.35. The fraction of sp³-hybridized carbons (Fsp3) is 0.100. The summed E-state index contributed by atoms with van der Waals surface area (Å²) < 4.78 is 0. The smallest absolute Gasteiger partial charge is 0.233 e. The summed E-state index contributed by atoms with van der Waals surface area (Å²) in [5, 5.41) is 3.06. The van der Waals surface area contributed by atoms with E-state index in [0.717, 1.165) is 5.69 Å². The van der Waals surface area contributed by atoms with Crippen LogP contribution in [-0.2, 0) is 0 Å². The molecule has 0 radical (unpaired) electrons. The molecule has 5 nitrogen and oxygen atoms in total. The highest BCUT2D eigenvalue weighted by Gasteiger charge is 2.02. The van der Waals surface area contributed by atoms with Crippen LogP contribution in [0.4, 0.5) is 17.6 Å². The van der Waals surface area contributed by atoms with Gasteiger partial charge in [-0.3, -0.25) is 0 Å². The van der Waals surface area contributed by atoms with E-state index in [1.807, 2.05) is 31.2 Å². The Labute approximate surface area is 97.7 Å². The van der Waals surface area contributed by atoms with Crippen LogP contribution >= 0.6 is 11.6 Å². The predicted octanol–water partition coefficient (Wildman–Crippen LogP) is 2.16. The van der Waals surface area contributed by atoms with Gasteiger partial charge in [-0.05, 0) is 30.7 Å². The SMILES string of the molecule is Cc1ccc(Nc2nc(N)nc(Cl)n2)cc1. The Balaban J connectivity index is 2.23. The summed E-state index contributed by atoms with van der Waals surface area (Å²) in [7, 11) is 0. The third-order valence-electron chi connectivity index (χ3n) is 1.93. The molecular weight excluding hydrogens is 226 g/mol. The van der Waals surface area contributed by atoms with E-state index >= 15 is 0 Å². The molecule has 0 saturated heterocycles. The van der Waals surface area contributed by atoms with Crippen molar-refractivity contribution < 1.29 is 0 Å². The Kier molecular flexibility index (Phi) is 2.87. The molecule has 0 atom stereocenters. The summed E-state index contributed by atoms with van der Waals surface area (Å²) in [6, 6.07) is 7.80. The van der Waals surface area contributed by atoms with E-state index in [4.69, 9.17) is 17.3 Å². The molecule has 0 aliphatic carbocycles. The van der Waals surface area contributed by atoms with Gasteiger partial charge in [0, 0.05) is 5.69 Å². The lowest BCUT2D eigenvalue weighted by Gasteiger charge is -2.05. The van der Waals surface area contributed by atoms with Crippen LogP contribution in [-0.4, -0.2) is 15.0 Å². The Morgan fingerprint density at radius 2 is 1.81 bits per heavy atom. The number of hydrogen-bond acceptors (Lipinski definition) is 5. The lowest BCUT2D eigenvalue weighted by molar-refractivity contribution is 1.07. The molecule has 1 aromatic heterocycles. The number of nitrogens with two attached hydrogens (primary N) is 1. The van der Waals surface area contributed by atoms with Gasteiger partial charge in [0.2, 0.25) is 17.2 Å². The van der Waals surface area contributed by atoms with Gasteiger partial charge in [0.1, 0.15) is 0 Å². The highest BCUT2D eigenvalue weighted by atomic mass is 35.5. The quantitative estimate of drug-likeness (QED) is 0.834. The molecule has 0 spiro atoms. The maximum Gasteiger partial charge on any atom is 0.233 e. The van der Waals surface area contributed by atoms with Gasteiger partial charge in [0.15, 0.2) is 0 Å². The number of halogens is 1. The highest BCUT2D eigenvalue weighted by Crippen LogP contribution is 2.15. The highest BCUT2D eigenvalue weighted by molar-refractivity contribution is 6.28. The molecule has 2 aromatic rings. The lowest BCUT2D eigenvalue weighted by Crippen LogP contribution is -2.03. The first-order chi connectivity index (χ1) is 7.63. The van der Waals surface area contributed by atoms with Crippen LogP contribution in [0.5, 0.6) is 0 Å². The maximum absolute atomic E-state index is 5.66. The molecule has 2 rings (SSSR count). The molecule has 0 aliphatic rings. The van der Waals surface area contributed by atoms with E-state index in [1.54, 1.807) is 0 Å². The van der Waals surface area contributed by atoms with Crippen LogP contribution < -0.4 is 11.1 Å². The molecule has 1 heterocycles. The number of nitrogen functional groups attached to an aromatic ring is 1. The zero-order valence-electron chi connectivity index (χ0n) is 8.61. The molecule has 6 heteroatoms. The monoisotopic (exact) mass is 235 g/mol. The van der Waals surface area contributed by atoms with E-state index in [2.05, 4.69) is 20.3 Å². The first kappa shape index (κ1) is 10.6. The van der Waals surface area contributed by atoms with Crippen molar-refractivity contribution in [2.24, 2.45) is 0 Å². The van der Waals surface area contributed by atoms with Gasteiger partial charge in [0.05, 0.1) is 0 Å². The van der Waals surface area contributed by atoms with Crippen molar-refractivity contribution in [1.29, 1.82) is 0 Å². The number of nitrogens with zero attached hydrogens (tertiary/aromatic N) is 3. The first-order valence-corrected chi connectivity index (χ1v) is 5.02. The Morgan fingerprint density at radius 3 is 2.44 bits per heavy atom. The van der Waals surface area contributed by atoms with Gasteiger partial charge in [-0.25, -0.2) is 0 Å². The van der Waals surface area contributed by atoms with Crippen molar-refractivity contribution in [2.45, 2.75) is 6.92 Å². The molecule has 0 fully saturated rings. The van der Waals surface area contributed by atoms with Crippen molar-refractivity contribution in [3.8, 4) is 0 Å².